The summed E-state index contributed by atoms with van der Waals surface area (Å²) in [7, 11) is 0. The van der Waals surface area contributed by atoms with Gasteiger partial charge in [0.15, 0.2) is 6.10 Å². The largest absolute Gasteiger partial charge is 0.462 e. The van der Waals surface area contributed by atoms with Gasteiger partial charge < -0.3 is 14.6 Å². The number of aliphatic hydroxyl groups is 1. The summed E-state index contributed by atoms with van der Waals surface area (Å²) in [6.07, 6.45) is 117. The van der Waals surface area contributed by atoms with E-state index < -0.39 is 6.10 Å². The molecule has 1 unspecified atom stereocenters. The normalized spacial score (nSPS) is 13.2. The van der Waals surface area contributed by atoms with Crippen LogP contribution in [0, 0.1) is 0 Å². The van der Waals surface area contributed by atoms with E-state index in [1.54, 1.807) is 0 Å². The zero-order valence-corrected chi connectivity index (χ0v) is 57.4. The lowest BCUT2D eigenvalue weighted by Gasteiger charge is -2.15. The van der Waals surface area contributed by atoms with E-state index in [-0.39, 0.29) is 25.2 Å². The minimum Gasteiger partial charge on any atom is -0.462 e. The molecule has 5 heteroatoms. The lowest BCUT2D eigenvalue weighted by Crippen LogP contribution is -2.28. The molecule has 0 radical (unpaired) electrons. The molecule has 0 saturated carbocycles. The molecule has 0 rings (SSSR count). The molecule has 1 N–H and O–H groups in total. The Morgan fingerprint density at radius 1 is 0.261 bits per heavy atom. The third-order valence-corrected chi connectivity index (χ3v) is 15.8. The van der Waals surface area contributed by atoms with Crippen LogP contribution in [0.5, 0.6) is 0 Å². The van der Waals surface area contributed by atoms with E-state index in [0.717, 1.165) is 122 Å². The van der Waals surface area contributed by atoms with Gasteiger partial charge in [0.1, 0.15) is 6.61 Å². The third-order valence-electron chi connectivity index (χ3n) is 15.8. The van der Waals surface area contributed by atoms with Crippen molar-refractivity contribution in [1.29, 1.82) is 0 Å². The maximum absolute atomic E-state index is 12.4. The van der Waals surface area contributed by atoms with Gasteiger partial charge in [-0.1, -0.05) is 358 Å². The van der Waals surface area contributed by atoms with E-state index in [9.17, 15) is 14.7 Å². The minimum atomic E-state index is -0.781. The van der Waals surface area contributed by atoms with Crippen molar-refractivity contribution in [3.63, 3.8) is 0 Å². The van der Waals surface area contributed by atoms with Crippen LogP contribution in [0.4, 0.5) is 0 Å². The summed E-state index contributed by atoms with van der Waals surface area (Å²) in [6, 6.07) is 0. The first-order chi connectivity index (χ1) is 43.6. The highest BCUT2D eigenvalue weighted by atomic mass is 16.6. The Labute approximate surface area is 545 Å². The van der Waals surface area contributed by atoms with Gasteiger partial charge in [-0.3, -0.25) is 9.59 Å². The quantitative estimate of drug-likeness (QED) is 0.0373. The SMILES string of the molecule is CC/C=C\C/C=C\C/C=C\C/C=C\C/C=C\C/C=C\C/C=C\CCCCCCCCCCCCCCCCCC(=O)OC(CO)COC(=O)CCCCCCCCCCCCCCCCCCCC/C=C\C/C=C\C/C=C\C/C=C\C/C=C\C/C=C\CC. The molecule has 0 aliphatic heterocycles. The van der Waals surface area contributed by atoms with E-state index in [1.165, 1.54) is 186 Å². The predicted molar refractivity (Wildman–Crippen MR) is 389 cm³/mol. The predicted octanol–water partition coefficient (Wildman–Crippen LogP) is 26.2. The van der Waals surface area contributed by atoms with Crippen LogP contribution in [0.3, 0.4) is 0 Å². The number of carbonyl (C=O) groups is 2. The molecule has 0 aromatic heterocycles. The summed E-state index contributed by atoms with van der Waals surface area (Å²) in [5.41, 5.74) is 0. The number of carbonyl (C=O) groups excluding carboxylic acids is 2. The molecular formula is C83H138O5. The highest BCUT2D eigenvalue weighted by Gasteiger charge is 2.16. The molecule has 0 bridgehead atoms. The molecule has 0 saturated heterocycles. The maximum atomic E-state index is 12.4. The van der Waals surface area contributed by atoms with Gasteiger partial charge in [0.2, 0.25) is 0 Å². The van der Waals surface area contributed by atoms with Crippen LogP contribution in [0.15, 0.2) is 158 Å². The summed E-state index contributed by atoms with van der Waals surface area (Å²) in [5, 5.41) is 9.72. The van der Waals surface area contributed by atoms with Crippen molar-refractivity contribution >= 4 is 11.9 Å². The molecule has 88 heavy (non-hydrogen) atoms. The molecule has 0 spiro atoms. The van der Waals surface area contributed by atoms with Crippen LogP contribution in [-0.4, -0.2) is 36.4 Å². The minimum absolute atomic E-state index is 0.0693. The van der Waals surface area contributed by atoms with Crippen LogP contribution >= 0.6 is 0 Å². The van der Waals surface area contributed by atoms with Crippen LogP contribution in [-0.2, 0) is 19.1 Å². The van der Waals surface area contributed by atoms with Crippen LogP contribution < -0.4 is 0 Å². The Kier molecular flexibility index (Phi) is 72.9. The summed E-state index contributed by atoms with van der Waals surface area (Å²) in [6.45, 7) is 3.93. The van der Waals surface area contributed by atoms with Crippen LogP contribution in [0.2, 0.25) is 0 Å². The topological polar surface area (TPSA) is 72.8 Å². The van der Waals surface area contributed by atoms with Gasteiger partial charge in [-0.2, -0.15) is 0 Å². The first-order valence-electron chi connectivity index (χ1n) is 37.0. The first kappa shape index (κ1) is 83.5. The molecule has 500 valence electrons. The van der Waals surface area contributed by atoms with E-state index in [1.807, 2.05) is 0 Å². The number of aliphatic hydroxyl groups excluding tert-OH is 1. The van der Waals surface area contributed by atoms with Gasteiger partial charge in [0.05, 0.1) is 6.61 Å². The van der Waals surface area contributed by atoms with Crippen molar-refractivity contribution in [2.24, 2.45) is 0 Å². The van der Waals surface area contributed by atoms with Gasteiger partial charge in [-0.25, -0.2) is 0 Å². The molecule has 1 atom stereocenters. The molecule has 0 aromatic rings. The van der Waals surface area contributed by atoms with E-state index in [4.69, 9.17) is 9.47 Å². The molecule has 0 fully saturated rings. The second kappa shape index (κ2) is 76.8. The molecule has 0 heterocycles. The fraction of sp³-hybridized carbons (Fsp3) is 0.663. The van der Waals surface area contributed by atoms with Crippen molar-refractivity contribution in [2.45, 2.75) is 341 Å². The number of unbranched alkanes of at least 4 members (excludes halogenated alkanes) is 33. The Morgan fingerprint density at radius 2 is 0.455 bits per heavy atom. The molecule has 0 aliphatic carbocycles. The van der Waals surface area contributed by atoms with E-state index in [0.29, 0.717) is 12.8 Å². The summed E-state index contributed by atoms with van der Waals surface area (Å²) in [4.78, 5) is 24.7. The highest BCUT2D eigenvalue weighted by molar-refractivity contribution is 5.70. The lowest BCUT2D eigenvalue weighted by atomic mass is 10.0. The first-order valence-corrected chi connectivity index (χ1v) is 37.0. The zero-order valence-electron chi connectivity index (χ0n) is 57.4. The Hall–Kier alpha value is -4.48. The standard InChI is InChI=1S/C83H138O5/c1-3-5-7-9-11-13-15-17-19-21-23-25-27-29-31-33-35-37-39-41-43-45-47-49-51-53-55-57-59-61-63-65-67-69-71-73-75-77-82(85)87-80-81(79-84)88-83(86)78-76-74-72-70-68-66-64-62-60-58-56-54-52-50-48-46-44-42-40-38-36-34-32-30-28-26-24-22-20-18-16-14-12-10-8-6-4-2/h5-8,11-14,17-20,23-26,29-32,35-38,42,44,81,84H,3-4,9-10,15-16,21-22,27-28,33-34,39-41,43,45-80H2,1-2H3/b7-5-,8-6-,13-11-,14-12-,19-17-,20-18-,25-23-,26-24-,31-29-,32-30-,37-35-,38-36-,44-42-. The van der Waals surface area contributed by atoms with Gasteiger partial charge in [-0.05, 0) is 122 Å². The fourth-order valence-electron chi connectivity index (χ4n) is 10.4. The Bertz CT molecular complexity index is 1860. The van der Waals surface area contributed by atoms with E-state index >= 15 is 0 Å². The Morgan fingerprint density at radius 3 is 0.682 bits per heavy atom. The molecule has 0 aliphatic rings. The van der Waals surface area contributed by atoms with Crippen molar-refractivity contribution in [2.75, 3.05) is 13.2 Å². The Balaban J connectivity index is 3.48. The van der Waals surface area contributed by atoms with Crippen molar-refractivity contribution in [3.05, 3.63) is 158 Å². The molecular weight excluding hydrogens is 1080 g/mol. The maximum Gasteiger partial charge on any atom is 0.306 e. The van der Waals surface area contributed by atoms with Crippen LogP contribution in [0.25, 0.3) is 0 Å². The molecule has 0 amide bonds. The van der Waals surface area contributed by atoms with Crippen molar-refractivity contribution in [3.8, 4) is 0 Å². The summed E-state index contributed by atoms with van der Waals surface area (Å²) >= 11 is 0. The highest BCUT2D eigenvalue weighted by Crippen LogP contribution is 2.18. The fourth-order valence-corrected chi connectivity index (χ4v) is 10.4. The zero-order chi connectivity index (χ0) is 63.3. The number of rotatable bonds is 67. The third kappa shape index (κ3) is 74.0. The monoisotopic (exact) mass is 1220 g/mol. The number of hydrogen-bond donors (Lipinski definition) is 1. The van der Waals surface area contributed by atoms with Crippen molar-refractivity contribution in [1.82, 2.24) is 0 Å². The number of ether oxygens (including phenoxy) is 2. The lowest BCUT2D eigenvalue weighted by molar-refractivity contribution is -0.161. The van der Waals surface area contributed by atoms with Crippen molar-refractivity contribution < 1.29 is 24.2 Å². The van der Waals surface area contributed by atoms with Gasteiger partial charge in [-0.15, -0.1) is 0 Å². The molecule has 0 aromatic carbocycles. The van der Waals surface area contributed by atoms with Gasteiger partial charge in [0, 0.05) is 12.8 Å². The van der Waals surface area contributed by atoms with Crippen LogP contribution in [0.1, 0.15) is 335 Å². The summed E-state index contributed by atoms with van der Waals surface area (Å²) in [5.74, 6) is -0.584. The number of hydrogen-bond acceptors (Lipinski definition) is 5. The number of esters is 2. The average Bonchev–Trinajstić information content (AvgIpc) is 3.55. The average molecular weight is 1220 g/mol. The van der Waals surface area contributed by atoms with E-state index in [2.05, 4.69) is 172 Å². The molecule has 5 nitrogen and oxygen atoms in total. The van der Waals surface area contributed by atoms with Gasteiger partial charge >= 0.3 is 11.9 Å². The number of allylic oxidation sites excluding steroid dienone is 26. The second-order valence-corrected chi connectivity index (χ2v) is 24.3. The summed E-state index contributed by atoms with van der Waals surface area (Å²) < 4.78 is 10.8. The smallest absolute Gasteiger partial charge is 0.306 e. The van der Waals surface area contributed by atoms with Gasteiger partial charge in [0.25, 0.3) is 0 Å². The second-order valence-electron chi connectivity index (χ2n) is 24.3.